The summed E-state index contributed by atoms with van der Waals surface area (Å²) in [5, 5.41) is 2.41. The number of nitrogens with one attached hydrogen (secondary N) is 1. The molecule has 0 amide bonds. The van der Waals surface area contributed by atoms with Crippen LogP contribution in [0.5, 0.6) is 0 Å². The zero-order valence-corrected chi connectivity index (χ0v) is 7.64. The minimum atomic E-state index is -5.14. The van der Waals surface area contributed by atoms with Gasteiger partial charge >= 0.3 is 18.1 Å². The van der Waals surface area contributed by atoms with Crippen LogP contribution in [-0.4, -0.2) is 31.2 Å². The maximum Gasteiger partial charge on any atom is 0.491 e. The number of carbonyl (C=O) groups is 2. The Balaban J connectivity index is 4.26. The summed E-state index contributed by atoms with van der Waals surface area (Å²) >= 11 is 0. The number of rotatable bonds is 3. The van der Waals surface area contributed by atoms with Gasteiger partial charge in [0.1, 0.15) is 6.04 Å². The largest absolute Gasteiger partial charge is 0.491 e. The van der Waals surface area contributed by atoms with E-state index in [2.05, 4.69) is 10.1 Å². The first kappa shape index (κ1) is 12.9. The Labute approximate surface area is 78.4 Å². The molecule has 0 saturated heterocycles. The van der Waals surface area contributed by atoms with Gasteiger partial charge in [-0.05, 0) is 13.5 Å². The summed E-state index contributed by atoms with van der Waals surface area (Å²) in [6, 6.07) is -0.902. The molecular formula is C7H10F3NO3. The number of likely N-dealkylation sites (N-methyl/N-ethyl adjacent to an activating group) is 1. The van der Waals surface area contributed by atoms with Crippen LogP contribution in [0.4, 0.5) is 13.2 Å². The predicted molar refractivity (Wildman–Crippen MR) is 40.3 cm³/mol. The van der Waals surface area contributed by atoms with E-state index in [9.17, 15) is 22.8 Å². The molecule has 0 saturated carbocycles. The molecule has 4 nitrogen and oxygen atoms in total. The molecule has 82 valence electrons. The summed E-state index contributed by atoms with van der Waals surface area (Å²) in [4.78, 5) is 21.1. The van der Waals surface area contributed by atoms with E-state index in [0.717, 1.165) is 0 Å². The maximum atomic E-state index is 11.6. The SMILES string of the molecule is CC[C@H](NC)C(=O)OC(=O)C(F)(F)F. The Morgan fingerprint density at radius 1 is 1.43 bits per heavy atom. The summed E-state index contributed by atoms with van der Waals surface area (Å²) in [6.07, 6.45) is -4.90. The molecule has 0 bridgehead atoms. The van der Waals surface area contributed by atoms with Crippen LogP contribution in [0.2, 0.25) is 0 Å². The van der Waals surface area contributed by atoms with Crippen molar-refractivity contribution in [3.8, 4) is 0 Å². The zero-order valence-electron chi connectivity index (χ0n) is 7.64. The van der Waals surface area contributed by atoms with E-state index < -0.39 is 24.2 Å². The van der Waals surface area contributed by atoms with E-state index in [4.69, 9.17) is 0 Å². The van der Waals surface area contributed by atoms with Crippen molar-refractivity contribution < 1.29 is 27.5 Å². The lowest BCUT2D eigenvalue weighted by molar-refractivity contribution is -0.202. The molecule has 0 aromatic heterocycles. The normalized spacial score (nSPS) is 13.5. The second-order valence-corrected chi connectivity index (χ2v) is 2.46. The van der Waals surface area contributed by atoms with E-state index >= 15 is 0 Å². The minimum Gasteiger partial charge on any atom is -0.385 e. The first-order valence-electron chi connectivity index (χ1n) is 3.83. The van der Waals surface area contributed by atoms with Gasteiger partial charge in [0.25, 0.3) is 0 Å². The van der Waals surface area contributed by atoms with Crippen molar-refractivity contribution in [1.29, 1.82) is 0 Å². The number of halogens is 3. The quantitative estimate of drug-likeness (QED) is 0.551. The standard InChI is InChI=1S/C7H10F3NO3/c1-3-4(11-2)5(12)14-6(13)7(8,9)10/h4,11H,3H2,1-2H3/t4-/m0/s1. The summed E-state index contributed by atoms with van der Waals surface area (Å²) in [7, 11) is 1.38. The highest BCUT2D eigenvalue weighted by atomic mass is 19.4. The van der Waals surface area contributed by atoms with Gasteiger partial charge in [-0.1, -0.05) is 6.92 Å². The zero-order chi connectivity index (χ0) is 11.4. The fraction of sp³-hybridized carbons (Fsp3) is 0.714. The van der Waals surface area contributed by atoms with Crippen LogP contribution < -0.4 is 5.32 Å². The molecule has 0 rings (SSSR count). The van der Waals surface area contributed by atoms with Crippen molar-refractivity contribution in [2.24, 2.45) is 0 Å². The van der Waals surface area contributed by atoms with Crippen molar-refractivity contribution in [3.63, 3.8) is 0 Å². The number of hydrogen-bond donors (Lipinski definition) is 1. The molecule has 0 aliphatic heterocycles. The summed E-state index contributed by atoms with van der Waals surface area (Å²) in [5.74, 6) is -3.71. The number of ether oxygens (including phenoxy) is 1. The molecule has 0 aromatic carbocycles. The van der Waals surface area contributed by atoms with Gasteiger partial charge in [0.15, 0.2) is 0 Å². The van der Waals surface area contributed by atoms with Gasteiger partial charge in [-0.2, -0.15) is 13.2 Å². The molecule has 7 heteroatoms. The second kappa shape index (κ2) is 4.94. The smallest absolute Gasteiger partial charge is 0.385 e. The van der Waals surface area contributed by atoms with E-state index in [0.29, 0.717) is 0 Å². The lowest BCUT2D eigenvalue weighted by Crippen LogP contribution is -2.39. The highest BCUT2D eigenvalue weighted by Crippen LogP contribution is 2.16. The van der Waals surface area contributed by atoms with Gasteiger partial charge < -0.3 is 10.1 Å². The lowest BCUT2D eigenvalue weighted by atomic mass is 10.2. The Morgan fingerprint density at radius 3 is 2.21 bits per heavy atom. The van der Waals surface area contributed by atoms with E-state index in [1.54, 1.807) is 6.92 Å². The highest BCUT2D eigenvalue weighted by molar-refractivity contribution is 5.90. The van der Waals surface area contributed by atoms with Gasteiger partial charge in [-0.3, -0.25) is 0 Å². The van der Waals surface area contributed by atoms with Gasteiger partial charge in [0.05, 0.1) is 0 Å². The summed E-state index contributed by atoms with van der Waals surface area (Å²) < 4.78 is 38.5. The first-order valence-corrected chi connectivity index (χ1v) is 3.83. The number of hydrogen-bond acceptors (Lipinski definition) is 4. The van der Waals surface area contributed by atoms with Gasteiger partial charge in [0, 0.05) is 0 Å². The molecule has 0 spiro atoms. The molecule has 0 aliphatic carbocycles. The minimum absolute atomic E-state index is 0.237. The Kier molecular flexibility index (Phi) is 4.55. The lowest BCUT2D eigenvalue weighted by Gasteiger charge is -2.12. The van der Waals surface area contributed by atoms with Crippen molar-refractivity contribution in [1.82, 2.24) is 5.32 Å². The van der Waals surface area contributed by atoms with Crippen LogP contribution in [0, 0.1) is 0 Å². The topological polar surface area (TPSA) is 55.4 Å². The van der Waals surface area contributed by atoms with E-state index in [1.165, 1.54) is 7.05 Å². The molecule has 0 aliphatic rings. The van der Waals surface area contributed by atoms with Crippen molar-refractivity contribution >= 4 is 11.9 Å². The molecule has 1 atom stereocenters. The Hall–Kier alpha value is -1.11. The summed E-state index contributed by atoms with van der Waals surface area (Å²) in [5.41, 5.74) is 0. The summed E-state index contributed by atoms with van der Waals surface area (Å²) in [6.45, 7) is 1.57. The average molecular weight is 213 g/mol. The Bertz CT molecular complexity index is 223. The maximum absolute atomic E-state index is 11.6. The molecule has 0 aromatic rings. The molecule has 14 heavy (non-hydrogen) atoms. The molecule has 0 fully saturated rings. The van der Waals surface area contributed by atoms with Crippen LogP contribution in [0.1, 0.15) is 13.3 Å². The number of alkyl halides is 3. The fourth-order valence-corrected chi connectivity index (χ4v) is 0.709. The first-order chi connectivity index (χ1) is 6.32. The molecular weight excluding hydrogens is 203 g/mol. The van der Waals surface area contributed by atoms with Crippen LogP contribution in [0.3, 0.4) is 0 Å². The predicted octanol–water partition coefficient (Wildman–Crippen LogP) is 0.616. The number of esters is 2. The van der Waals surface area contributed by atoms with Crippen LogP contribution in [-0.2, 0) is 14.3 Å². The van der Waals surface area contributed by atoms with Gasteiger partial charge in [-0.25, -0.2) is 9.59 Å². The fourth-order valence-electron chi connectivity index (χ4n) is 0.709. The van der Waals surface area contributed by atoms with E-state index in [-0.39, 0.29) is 6.42 Å². The molecule has 0 radical (unpaired) electrons. The van der Waals surface area contributed by atoms with Gasteiger partial charge in [0.2, 0.25) is 0 Å². The second-order valence-electron chi connectivity index (χ2n) is 2.46. The third-order valence-electron chi connectivity index (χ3n) is 1.47. The van der Waals surface area contributed by atoms with Crippen LogP contribution in [0.15, 0.2) is 0 Å². The molecule has 1 N–H and O–H groups in total. The Morgan fingerprint density at radius 2 is 1.93 bits per heavy atom. The third kappa shape index (κ3) is 3.73. The average Bonchev–Trinajstić information content (AvgIpc) is 2.04. The van der Waals surface area contributed by atoms with Crippen LogP contribution in [0.25, 0.3) is 0 Å². The third-order valence-corrected chi connectivity index (χ3v) is 1.47. The van der Waals surface area contributed by atoms with E-state index in [1.807, 2.05) is 0 Å². The molecule has 0 heterocycles. The molecule has 0 unspecified atom stereocenters. The van der Waals surface area contributed by atoms with Crippen molar-refractivity contribution in [2.45, 2.75) is 25.6 Å². The monoisotopic (exact) mass is 213 g/mol. The number of carbonyl (C=O) groups excluding carboxylic acids is 2. The van der Waals surface area contributed by atoms with Crippen molar-refractivity contribution in [3.05, 3.63) is 0 Å². The highest BCUT2D eigenvalue weighted by Gasteiger charge is 2.43. The van der Waals surface area contributed by atoms with Crippen LogP contribution >= 0.6 is 0 Å². The van der Waals surface area contributed by atoms with Crippen molar-refractivity contribution in [2.75, 3.05) is 7.05 Å². The van der Waals surface area contributed by atoms with Gasteiger partial charge in [-0.15, -0.1) is 0 Å².